The molecule has 108 valence electrons. The maximum atomic E-state index is 12.2. The molecular formula is C14H18N2O4. The van der Waals surface area contributed by atoms with E-state index < -0.39 is 17.8 Å². The Hall–Kier alpha value is -2.11. The van der Waals surface area contributed by atoms with Gasteiger partial charge in [-0.2, -0.15) is 0 Å². The van der Waals surface area contributed by atoms with Crippen LogP contribution in [0.5, 0.6) is 5.88 Å². The first kappa shape index (κ1) is 14.3. The lowest BCUT2D eigenvalue weighted by Gasteiger charge is -2.16. The van der Waals surface area contributed by atoms with E-state index in [1.807, 2.05) is 6.92 Å². The number of carboxylic acids is 1. The van der Waals surface area contributed by atoms with Crippen molar-refractivity contribution >= 4 is 17.6 Å². The minimum absolute atomic E-state index is 0.274. The van der Waals surface area contributed by atoms with Gasteiger partial charge in [0.15, 0.2) is 0 Å². The van der Waals surface area contributed by atoms with Gasteiger partial charge in [0.2, 0.25) is 11.8 Å². The number of hydrogen-bond acceptors (Lipinski definition) is 4. The topological polar surface area (TPSA) is 88.5 Å². The van der Waals surface area contributed by atoms with E-state index in [1.54, 1.807) is 18.3 Å². The van der Waals surface area contributed by atoms with Crippen molar-refractivity contribution < 1.29 is 19.4 Å². The number of aliphatic carboxylic acids is 1. The molecule has 1 aromatic heterocycles. The van der Waals surface area contributed by atoms with E-state index in [2.05, 4.69) is 10.3 Å². The second kappa shape index (κ2) is 6.36. The average Bonchev–Trinajstić information content (AvgIpc) is 2.91. The largest absolute Gasteiger partial charge is 0.481 e. The van der Waals surface area contributed by atoms with Crippen LogP contribution in [0.2, 0.25) is 0 Å². The van der Waals surface area contributed by atoms with Crippen LogP contribution in [0, 0.1) is 11.8 Å². The summed E-state index contributed by atoms with van der Waals surface area (Å²) in [5.74, 6) is -1.90. The second-order valence-corrected chi connectivity index (χ2v) is 4.76. The van der Waals surface area contributed by atoms with Crippen LogP contribution in [0.25, 0.3) is 0 Å². The lowest BCUT2D eigenvalue weighted by atomic mass is 9.95. The van der Waals surface area contributed by atoms with Crippen LogP contribution in [0.1, 0.15) is 26.2 Å². The van der Waals surface area contributed by atoms with Gasteiger partial charge in [-0.3, -0.25) is 9.59 Å². The standard InChI is InChI=1S/C14H18N2O4/c1-2-20-13-11(7-4-8-15-13)16-12(17)9-5-3-6-10(9)14(18)19/h4,7-10H,2-3,5-6H2,1H3,(H,16,17)(H,18,19). The molecule has 6 heteroatoms. The summed E-state index contributed by atoms with van der Waals surface area (Å²) >= 11 is 0. The number of carbonyl (C=O) groups is 2. The van der Waals surface area contributed by atoms with E-state index in [-0.39, 0.29) is 5.91 Å². The fourth-order valence-electron chi connectivity index (χ4n) is 2.53. The zero-order valence-electron chi connectivity index (χ0n) is 11.3. The molecule has 1 aliphatic rings. The second-order valence-electron chi connectivity index (χ2n) is 4.76. The van der Waals surface area contributed by atoms with Gasteiger partial charge >= 0.3 is 5.97 Å². The average molecular weight is 278 g/mol. The maximum Gasteiger partial charge on any atom is 0.307 e. The van der Waals surface area contributed by atoms with Crippen LogP contribution in [0.15, 0.2) is 18.3 Å². The molecule has 2 unspecified atom stereocenters. The number of carbonyl (C=O) groups excluding carboxylic acids is 1. The molecule has 2 rings (SSSR count). The molecule has 2 atom stereocenters. The molecule has 1 heterocycles. The van der Waals surface area contributed by atoms with Gasteiger partial charge in [-0.15, -0.1) is 0 Å². The third-order valence-electron chi connectivity index (χ3n) is 3.48. The van der Waals surface area contributed by atoms with Crippen molar-refractivity contribution in [1.82, 2.24) is 4.98 Å². The number of pyridine rings is 1. The first-order valence-electron chi connectivity index (χ1n) is 6.75. The Kier molecular flexibility index (Phi) is 4.55. The summed E-state index contributed by atoms with van der Waals surface area (Å²) in [4.78, 5) is 27.4. The normalized spacial score (nSPS) is 21.4. The minimum atomic E-state index is -0.904. The van der Waals surface area contributed by atoms with Gasteiger partial charge in [0, 0.05) is 6.20 Å². The SMILES string of the molecule is CCOc1ncccc1NC(=O)C1CCCC1C(=O)O. The van der Waals surface area contributed by atoms with Gasteiger partial charge < -0.3 is 15.2 Å². The molecule has 0 radical (unpaired) electrons. The molecule has 1 aliphatic carbocycles. The number of nitrogens with zero attached hydrogens (tertiary/aromatic N) is 1. The van der Waals surface area contributed by atoms with Crippen molar-refractivity contribution in [2.45, 2.75) is 26.2 Å². The maximum absolute atomic E-state index is 12.2. The predicted molar refractivity (Wildman–Crippen MR) is 72.5 cm³/mol. The molecule has 0 aromatic carbocycles. The summed E-state index contributed by atoms with van der Waals surface area (Å²) < 4.78 is 5.33. The zero-order valence-corrected chi connectivity index (χ0v) is 11.3. The number of amides is 1. The molecular weight excluding hydrogens is 260 g/mol. The number of aromatic nitrogens is 1. The summed E-state index contributed by atoms with van der Waals surface area (Å²) in [7, 11) is 0. The highest BCUT2D eigenvalue weighted by Crippen LogP contribution is 2.33. The monoisotopic (exact) mass is 278 g/mol. The molecule has 1 fully saturated rings. The fraction of sp³-hybridized carbons (Fsp3) is 0.500. The first-order valence-corrected chi connectivity index (χ1v) is 6.75. The minimum Gasteiger partial charge on any atom is -0.481 e. The Morgan fingerprint density at radius 3 is 2.90 bits per heavy atom. The number of ether oxygens (including phenoxy) is 1. The van der Waals surface area contributed by atoms with E-state index >= 15 is 0 Å². The molecule has 20 heavy (non-hydrogen) atoms. The Bertz CT molecular complexity index is 504. The van der Waals surface area contributed by atoms with Gasteiger partial charge in [0.25, 0.3) is 0 Å². The molecule has 2 N–H and O–H groups in total. The van der Waals surface area contributed by atoms with E-state index in [4.69, 9.17) is 9.84 Å². The molecule has 0 bridgehead atoms. The highest BCUT2D eigenvalue weighted by Gasteiger charge is 2.37. The number of nitrogens with one attached hydrogen (secondary N) is 1. The number of carboxylic acid groups (broad SMARTS) is 1. The summed E-state index contributed by atoms with van der Waals surface area (Å²) in [6.45, 7) is 2.28. The highest BCUT2D eigenvalue weighted by molar-refractivity contribution is 5.96. The van der Waals surface area contributed by atoms with Crippen molar-refractivity contribution in [1.29, 1.82) is 0 Å². The first-order chi connectivity index (χ1) is 9.63. The summed E-state index contributed by atoms with van der Waals surface area (Å²) in [5.41, 5.74) is 0.482. The van der Waals surface area contributed by atoms with Crippen molar-refractivity contribution in [2.75, 3.05) is 11.9 Å². The summed E-state index contributed by atoms with van der Waals surface area (Å²) in [5, 5.41) is 11.9. The molecule has 1 aromatic rings. The smallest absolute Gasteiger partial charge is 0.307 e. The molecule has 6 nitrogen and oxygen atoms in total. The van der Waals surface area contributed by atoms with Crippen molar-refractivity contribution in [3.8, 4) is 5.88 Å². The van der Waals surface area contributed by atoms with E-state index in [1.165, 1.54) is 0 Å². The molecule has 1 amide bonds. The number of hydrogen-bond donors (Lipinski definition) is 2. The predicted octanol–water partition coefficient (Wildman–Crippen LogP) is 1.92. The van der Waals surface area contributed by atoms with Gasteiger partial charge in [-0.1, -0.05) is 6.42 Å². The highest BCUT2D eigenvalue weighted by atomic mass is 16.5. The van der Waals surface area contributed by atoms with Crippen LogP contribution in [0.3, 0.4) is 0 Å². The van der Waals surface area contributed by atoms with Crippen LogP contribution >= 0.6 is 0 Å². The lowest BCUT2D eigenvalue weighted by Crippen LogP contribution is -2.30. The van der Waals surface area contributed by atoms with Crippen molar-refractivity contribution in [2.24, 2.45) is 11.8 Å². The zero-order chi connectivity index (χ0) is 14.5. The van der Waals surface area contributed by atoms with Gasteiger partial charge in [0.05, 0.1) is 18.4 Å². The number of anilines is 1. The van der Waals surface area contributed by atoms with Crippen molar-refractivity contribution in [3.05, 3.63) is 18.3 Å². The third kappa shape index (κ3) is 3.07. The molecule has 0 aliphatic heterocycles. The van der Waals surface area contributed by atoms with Crippen LogP contribution in [-0.2, 0) is 9.59 Å². The Labute approximate surface area is 117 Å². The van der Waals surface area contributed by atoms with Crippen LogP contribution in [0.4, 0.5) is 5.69 Å². The Balaban J connectivity index is 2.10. The lowest BCUT2D eigenvalue weighted by molar-refractivity contribution is -0.145. The van der Waals surface area contributed by atoms with Crippen LogP contribution in [-0.4, -0.2) is 28.6 Å². The summed E-state index contributed by atoms with van der Waals surface area (Å²) in [6, 6.07) is 3.39. The summed E-state index contributed by atoms with van der Waals surface area (Å²) in [6.07, 6.45) is 3.50. The molecule has 1 saturated carbocycles. The Morgan fingerprint density at radius 2 is 2.20 bits per heavy atom. The molecule has 0 saturated heterocycles. The Morgan fingerprint density at radius 1 is 1.45 bits per heavy atom. The van der Waals surface area contributed by atoms with Gasteiger partial charge in [-0.05, 0) is 31.9 Å². The van der Waals surface area contributed by atoms with Crippen LogP contribution < -0.4 is 10.1 Å². The molecule has 0 spiro atoms. The quantitative estimate of drug-likeness (QED) is 0.859. The third-order valence-corrected chi connectivity index (χ3v) is 3.48. The van der Waals surface area contributed by atoms with Gasteiger partial charge in [-0.25, -0.2) is 4.98 Å². The van der Waals surface area contributed by atoms with E-state index in [0.717, 1.165) is 6.42 Å². The fourth-order valence-corrected chi connectivity index (χ4v) is 2.53. The van der Waals surface area contributed by atoms with Gasteiger partial charge in [0.1, 0.15) is 5.69 Å². The number of rotatable bonds is 5. The van der Waals surface area contributed by atoms with E-state index in [9.17, 15) is 9.59 Å². The van der Waals surface area contributed by atoms with E-state index in [0.29, 0.717) is 31.0 Å². The van der Waals surface area contributed by atoms with Crippen molar-refractivity contribution in [3.63, 3.8) is 0 Å².